The van der Waals surface area contributed by atoms with Crippen LogP contribution in [0.3, 0.4) is 0 Å². The summed E-state index contributed by atoms with van der Waals surface area (Å²) in [4.78, 5) is 4.95. The van der Waals surface area contributed by atoms with Crippen molar-refractivity contribution in [3.8, 4) is 0 Å². The minimum Gasteiger partial charge on any atom is -0.454 e. The number of nitrogens with zero attached hydrogens (tertiary/aromatic N) is 2. The van der Waals surface area contributed by atoms with Gasteiger partial charge < -0.3 is 18.6 Å². The number of hydrogen-bond acceptors (Lipinski definition) is 4. The van der Waals surface area contributed by atoms with Crippen LogP contribution < -0.4 is 9.80 Å². The molecule has 0 radical (unpaired) electrons. The number of anilines is 6. The Morgan fingerprint density at radius 3 is 1.06 bits per heavy atom. The van der Waals surface area contributed by atoms with Gasteiger partial charge in [0.15, 0.2) is 11.2 Å². The first-order chi connectivity index (χ1) is 34.5. The van der Waals surface area contributed by atoms with Crippen LogP contribution in [0.5, 0.6) is 0 Å². The zero-order valence-electron chi connectivity index (χ0n) is 43.9. The number of aryl methyl sites for hydroxylation is 2. The summed E-state index contributed by atoms with van der Waals surface area (Å²) in [7, 11) is 0. The van der Waals surface area contributed by atoms with Crippen molar-refractivity contribution in [2.45, 2.75) is 106 Å². The molecule has 358 valence electrons. The standard InChI is InChI=1S/C68H64N2O2/c1-39(2)53-37-59(69(43-21-13-19-41(5)35-43)57-29-17-25-49-47-23-15-27-55(67(7,8)9)63(47)71-65(49)57)51-34-32-46-54(40(3)4)38-60(52-33-31-45(53)61(51)62(46)52)70(44-22-14-20-42(6)36-44)58-30-18-26-50-48-24-16-28-56(68(10,11)12)64(48)72-66(50)58/h13-40H,1-12H3. The average Bonchev–Trinajstić information content (AvgIpc) is 3.93. The Morgan fingerprint density at radius 1 is 0.347 bits per heavy atom. The lowest BCUT2D eigenvalue weighted by Gasteiger charge is -2.31. The molecule has 0 saturated heterocycles. The second-order valence-corrected chi connectivity index (χ2v) is 23.1. The summed E-state index contributed by atoms with van der Waals surface area (Å²) in [6, 6.07) is 59.0. The molecular weight excluding hydrogens is 877 g/mol. The van der Waals surface area contributed by atoms with Gasteiger partial charge >= 0.3 is 0 Å². The van der Waals surface area contributed by atoms with E-state index in [0.29, 0.717) is 0 Å². The van der Waals surface area contributed by atoms with E-state index in [1.807, 2.05) is 0 Å². The van der Waals surface area contributed by atoms with Gasteiger partial charge in [0.05, 0.1) is 22.7 Å². The molecule has 0 saturated carbocycles. The van der Waals surface area contributed by atoms with Crippen LogP contribution >= 0.6 is 0 Å². The molecule has 72 heavy (non-hydrogen) atoms. The third kappa shape index (κ3) is 7.08. The maximum absolute atomic E-state index is 7.19. The second kappa shape index (κ2) is 16.5. The van der Waals surface area contributed by atoms with E-state index < -0.39 is 0 Å². The van der Waals surface area contributed by atoms with Gasteiger partial charge in [0, 0.05) is 54.8 Å². The van der Waals surface area contributed by atoms with Gasteiger partial charge in [0.1, 0.15) is 11.2 Å². The summed E-state index contributed by atoms with van der Waals surface area (Å²) in [5.41, 5.74) is 17.4. The SMILES string of the molecule is Cc1cccc(N(c2cc(C(C)C)c3ccc4c(N(c5cccc(C)c5)c5cccc6c5oc5c(C(C)(C)C)cccc56)cc(C(C)C)c5ccc2c3c54)c2cccc3c2oc2c(C(C)(C)C)cccc23)c1. The van der Waals surface area contributed by atoms with Crippen molar-refractivity contribution in [1.29, 1.82) is 0 Å². The van der Waals surface area contributed by atoms with Crippen LogP contribution in [-0.4, -0.2) is 0 Å². The lowest BCUT2D eigenvalue weighted by Crippen LogP contribution is -2.13. The van der Waals surface area contributed by atoms with E-state index >= 15 is 0 Å². The van der Waals surface area contributed by atoms with Gasteiger partial charge in [-0.2, -0.15) is 0 Å². The maximum Gasteiger partial charge on any atom is 0.159 e. The van der Waals surface area contributed by atoms with Gasteiger partial charge in [-0.25, -0.2) is 0 Å². The summed E-state index contributed by atoms with van der Waals surface area (Å²) < 4.78 is 14.4. The molecule has 0 aliphatic heterocycles. The topological polar surface area (TPSA) is 32.8 Å². The Morgan fingerprint density at radius 2 is 0.694 bits per heavy atom. The van der Waals surface area contributed by atoms with Crippen molar-refractivity contribution in [2.75, 3.05) is 9.80 Å². The molecule has 0 atom stereocenters. The Hall–Kier alpha value is -7.56. The Kier molecular flexibility index (Phi) is 10.4. The largest absolute Gasteiger partial charge is 0.454 e. The summed E-state index contributed by atoms with van der Waals surface area (Å²) in [6.07, 6.45) is 0. The molecule has 12 aromatic rings. The molecule has 10 aromatic carbocycles. The van der Waals surface area contributed by atoms with Crippen molar-refractivity contribution < 1.29 is 8.83 Å². The highest BCUT2D eigenvalue weighted by atomic mass is 16.3. The molecule has 0 N–H and O–H groups in total. The second-order valence-electron chi connectivity index (χ2n) is 23.1. The molecule has 4 heteroatoms. The van der Waals surface area contributed by atoms with Crippen LogP contribution in [0.2, 0.25) is 0 Å². The molecule has 0 unspecified atom stereocenters. The third-order valence-electron chi connectivity index (χ3n) is 15.3. The van der Waals surface area contributed by atoms with E-state index in [9.17, 15) is 0 Å². The fourth-order valence-electron chi connectivity index (χ4n) is 11.8. The first kappa shape index (κ1) is 45.6. The highest BCUT2D eigenvalue weighted by Crippen LogP contribution is 2.53. The highest BCUT2D eigenvalue weighted by molar-refractivity contribution is 6.30. The van der Waals surface area contributed by atoms with Gasteiger partial charge in [-0.15, -0.1) is 0 Å². The van der Waals surface area contributed by atoms with Gasteiger partial charge in [0.2, 0.25) is 0 Å². The zero-order chi connectivity index (χ0) is 50.1. The Balaban J connectivity index is 1.20. The monoisotopic (exact) mass is 940 g/mol. The molecule has 0 aliphatic carbocycles. The first-order valence-electron chi connectivity index (χ1n) is 25.9. The predicted molar refractivity (Wildman–Crippen MR) is 309 cm³/mol. The number of benzene rings is 10. The van der Waals surface area contributed by atoms with E-state index in [1.54, 1.807) is 0 Å². The summed E-state index contributed by atoms with van der Waals surface area (Å²) in [6.45, 7) is 27.3. The Labute approximate surface area is 423 Å². The van der Waals surface area contributed by atoms with Crippen molar-refractivity contribution in [3.63, 3.8) is 0 Å². The van der Waals surface area contributed by atoms with E-state index in [0.717, 1.165) is 78.0 Å². The molecular formula is C68H64N2O2. The van der Waals surface area contributed by atoms with Gasteiger partial charge in [-0.1, -0.05) is 178 Å². The van der Waals surface area contributed by atoms with Crippen LogP contribution in [-0.2, 0) is 10.8 Å². The molecule has 0 bridgehead atoms. The van der Waals surface area contributed by atoms with E-state index in [1.165, 1.54) is 65.7 Å². The lowest BCUT2D eigenvalue weighted by atomic mass is 9.84. The number of hydrogen-bond donors (Lipinski definition) is 0. The molecule has 0 spiro atoms. The smallest absolute Gasteiger partial charge is 0.159 e. The van der Waals surface area contributed by atoms with Crippen molar-refractivity contribution in [1.82, 2.24) is 0 Å². The lowest BCUT2D eigenvalue weighted by molar-refractivity contribution is 0.572. The van der Waals surface area contributed by atoms with Crippen molar-refractivity contribution >= 4 is 110 Å². The summed E-state index contributed by atoms with van der Waals surface area (Å²) in [5.74, 6) is 0.473. The number of fused-ring (bicyclic) bond motifs is 6. The minimum absolute atomic E-state index is 0.0982. The maximum atomic E-state index is 7.19. The van der Waals surface area contributed by atoms with Gasteiger partial charge in [-0.3, -0.25) is 0 Å². The molecule has 0 amide bonds. The zero-order valence-corrected chi connectivity index (χ0v) is 43.9. The summed E-state index contributed by atoms with van der Waals surface area (Å²) >= 11 is 0. The fraction of sp³-hybridized carbons (Fsp3) is 0.235. The van der Waals surface area contributed by atoms with Crippen molar-refractivity contribution in [3.05, 3.63) is 191 Å². The summed E-state index contributed by atoms with van der Waals surface area (Å²) in [5, 5.41) is 12.0. The highest BCUT2D eigenvalue weighted by Gasteiger charge is 2.30. The van der Waals surface area contributed by atoms with Crippen molar-refractivity contribution in [2.24, 2.45) is 0 Å². The van der Waals surface area contributed by atoms with Gasteiger partial charge in [-0.05, 0) is 129 Å². The van der Waals surface area contributed by atoms with Crippen LogP contribution in [0.4, 0.5) is 34.1 Å². The molecule has 2 aromatic heterocycles. The Bertz CT molecular complexity index is 3840. The predicted octanol–water partition coefficient (Wildman–Crippen LogP) is 20.8. The number of para-hydroxylation sites is 4. The average molecular weight is 941 g/mol. The number of rotatable bonds is 8. The quantitative estimate of drug-likeness (QED) is 0.142. The minimum atomic E-state index is -0.0982. The molecule has 0 aliphatic rings. The molecule has 0 fully saturated rings. The van der Waals surface area contributed by atoms with Crippen LogP contribution in [0, 0.1) is 13.8 Å². The van der Waals surface area contributed by atoms with E-state index in [4.69, 9.17) is 8.83 Å². The first-order valence-corrected chi connectivity index (χ1v) is 25.9. The van der Waals surface area contributed by atoms with E-state index in [2.05, 4.69) is 251 Å². The molecule has 2 heterocycles. The van der Waals surface area contributed by atoms with E-state index in [-0.39, 0.29) is 22.7 Å². The number of furan rings is 2. The normalized spacial score (nSPS) is 12.7. The van der Waals surface area contributed by atoms with Gasteiger partial charge in [0.25, 0.3) is 0 Å². The van der Waals surface area contributed by atoms with Crippen LogP contribution in [0.25, 0.3) is 76.2 Å². The molecule has 12 rings (SSSR count). The molecule has 4 nitrogen and oxygen atoms in total. The third-order valence-corrected chi connectivity index (χ3v) is 15.3. The van der Waals surface area contributed by atoms with Crippen LogP contribution in [0.1, 0.15) is 114 Å². The van der Waals surface area contributed by atoms with Crippen LogP contribution in [0.15, 0.2) is 167 Å². The fourth-order valence-corrected chi connectivity index (χ4v) is 11.8.